The highest BCUT2D eigenvalue weighted by Crippen LogP contribution is 2.27. The van der Waals surface area contributed by atoms with Crippen molar-refractivity contribution in [3.63, 3.8) is 0 Å². The van der Waals surface area contributed by atoms with Crippen molar-refractivity contribution in [2.24, 2.45) is 11.1 Å². The lowest BCUT2D eigenvalue weighted by atomic mass is 10.1. The average Bonchev–Trinajstić information content (AvgIpc) is 2.52. The van der Waals surface area contributed by atoms with Crippen LogP contribution in [0.5, 0.6) is 11.5 Å². The number of nitrogens with zero attached hydrogens (tertiary/aromatic N) is 1. The van der Waals surface area contributed by atoms with Gasteiger partial charge < -0.3 is 19.6 Å². The smallest absolute Gasteiger partial charge is 0.260 e. The number of hydrogen-bond donors (Lipinski definition) is 1. The maximum atomic E-state index is 11.5. The van der Waals surface area contributed by atoms with E-state index >= 15 is 0 Å². The summed E-state index contributed by atoms with van der Waals surface area (Å²) in [5.41, 5.74) is 0.797. The molecule has 23 heavy (non-hydrogen) atoms. The van der Waals surface area contributed by atoms with E-state index in [1.807, 2.05) is 19.1 Å². The maximum absolute atomic E-state index is 11.5. The molecule has 1 N–H and O–H groups in total. The molecule has 0 atom stereocenters. The van der Waals surface area contributed by atoms with Gasteiger partial charge >= 0.3 is 0 Å². The standard InChI is InChI=1S/C17H26N2O4/c1-5-22-15-7-6-14(10-16(15)21-4)11-19-23-12-17(20)18-9-8-13(2)3/h6-7,10-11,13H,5,8-9,12H2,1-4H3,(H,18,20). The molecule has 6 nitrogen and oxygen atoms in total. The number of methoxy groups -OCH3 is 1. The van der Waals surface area contributed by atoms with Crippen molar-refractivity contribution >= 4 is 12.1 Å². The molecule has 128 valence electrons. The lowest BCUT2D eigenvalue weighted by molar-refractivity contribution is -0.125. The first-order valence-corrected chi connectivity index (χ1v) is 7.79. The van der Waals surface area contributed by atoms with Gasteiger partial charge in [0.05, 0.1) is 19.9 Å². The summed E-state index contributed by atoms with van der Waals surface area (Å²) in [5, 5.41) is 6.57. The molecule has 0 saturated carbocycles. The summed E-state index contributed by atoms with van der Waals surface area (Å²) in [6.07, 6.45) is 2.47. The first kappa shape index (κ1) is 18.8. The van der Waals surface area contributed by atoms with Crippen LogP contribution in [0.4, 0.5) is 0 Å². The van der Waals surface area contributed by atoms with Crippen LogP contribution < -0.4 is 14.8 Å². The number of hydrogen-bond acceptors (Lipinski definition) is 5. The highest BCUT2D eigenvalue weighted by atomic mass is 16.6. The van der Waals surface area contributed by atoms with Crippen molar-refractivity contribution < 1.29 is 19.1 Å². The largest absolute Gasteiger partial charge is 0.493 e. The van der Waals surface area contributed by atoms with Crippen LogP contribution in [0.15, 0.2) is 23.4 Å². The summed E-state index contributed by atoms with van der Waals surface area (Å²) in [5.74, 6) is 1.69. The van der Waals surface area contributed by atoms with Gasteiger partial charge in [-0.1, -0.05) is 19.0 Å². The Balaban J connectivity index is 2.41. The number of carbonyl (C=O) groups excluding carboxylic acids is 1. The van der Waals surface area contributed by atoms with Crippen molar-refractivity contribution in [3.8, 4) is 11.5 Å². The molecule has 0 spiro atoms. The van der Waals surface area contributed by atoms with Gasteiger partial charge in [0.2, 0.25) is 0 Å². The molecule has 0 heterocycles. The Hall–Kier alpha value is -2.24. The Morgan fingerprint density at radius 3 is 2.78 bits per heavy atom. The molecular formula is C17H26N2O4. The van der Waals surface area contributed by atoms with Crippen molar-refractivity contribution in [1.82, 2.24) is 5.32 Å². The number of benzene rings is 1. The number of amides is 1. The number of oxime groups is 1. The average molecular weight is 322 g/mol. The summed E-state index contributed by atoms with van der Waals surface area (Å²) in [6, 6.07) is 5.44. The van der Waals surface area contributed by atoms with Crippen molar-refractivity contribution in [3.05, 3.63) is 23.8 Å². The molecule has 0 unspecified atom stereocenters. The van der Waals surface area contributed by atoms with Gasteiger partial charge in [-0.25, -0.2) is 0 Å². The minimum Gasteiger partial charge on any atom is -0.493 e. The molecule has 1 rings (SSSR count). The molecule has 6 heteroatoms. The van der Waals surface area contributed by atoms with Gasteiger partial charge in [0.1, 0.15) is 0 Å². The second-order valence-electron chi connectivity index (χ2n) is 5.38. The molecule has 0 fully saturated rings. The minimum absolute atomic E-state index is 0.0945. The molecular weight excluding hydrogens is 296 g/mol. The van der Waals surface area contributed by atoms with Gasteiger partial charge in [-0.05, 0) is 37.5 Å². The van der Waals surface area contributed by atoms with E-state index in [4.69, 9.17) is 14.3 Å². The van der Waals surface area contributed by atoms with Gasteiger partial charge in [0.25, 0.3) is 5.91 Å². The monoisotopic (exact) mass is 322 g/mol. The third kappa shape index (κ3) is 7.54. The molecule has 0 aliphatic rings. The quantitative estimate of drug-likeness (QED) is 0.531. The van der Waals surface area contributed by atoms with Crippen LogP contribution in [0.2, 0.25) is 0 Å². The second kappa shape index (κ2) is 10.5. The molecule has 1 aromatic carbocycles. The highest BCUT2D eigenvalue weighted by Gasteiger charge is 2.04. The Morgan fingerprint density at radius 2 is 2.13 bits per heavy atom. The number of nitrogens with one attached hydrogen (secondary N) is 1. The SMILES string of the molecule is CCOc1ccc(C=NOCC(=O)NCCC(C)C)cc1OC. The van der Waals surface area contributed by atoms with Crippen LogP contribution in [0, 0.1) is 5.92 Å². The molecule has 0 aliphatic heterocycles. The zero-order chi connectivity index (χ0) is 17.1. The Labute approximate surface area is 137 Å². The Morgan fingerprint density at radius 1 is 1.35 bits per heavy atom. The molecule has 0 aromatic heterocycles. The van der Waals surface area contributed by atoms with Crippen LogP contribution in [0.25, 0.3) is 0 Å². The first-order valence-electron chi connectivity index (χ1n) is 7.79. The fourth-order valence-corrected chi connectivity index (χ4v) is 1.78. The molecule has 0 saturated heterocycles. The van der Waals surface area contributed by atoms with Crippen molar-refractivity contribution in [2.75, 3.05) is 26.9 Å². The lowest BCUT2D eigenvalue weighted by Gasteiger charge is -2.09. The minimum atomic E-state index is -0.174. The molecule has 0 aliphatic carbocycles. The summed E-state index contributed by atoms with van der Waals surface area (Å²) in [6.45, 7) is 7.26. The molecule has 1 aromatic rings. The van der Waals surface area contributed by atoms with E-state index in [1.54, 1.807) is 13.2 Å². The fraction of sp³-hybridized carbons (Fsp3) is 0.529. The zero-order valence-corrected chi connectivity index (χ0v) is 14.3. The zero-order valence-electron chi connectivity index (χ0n) is 14.3. The van der Waals surface area contributed by atoms with Crippen LogP contribution in [0.3, 0.4) is 0 Å². The van der Waals surface area contributed by atoms with Crippen LogP contribution in [-0.4, -0.2) is 39.0 Å². The lowest BCUT2D eigenvalue weighted by Crippen LogP contribution is -2.28. The normalized spacial score (nSPS) is 10.8. The predicted octanol–water partition coefficient (Wildman–Crippen LogP) is 2.61. The van der Waals surface area contributed by atoms with Crippen LogP contribution >= 0.6 is 0 Å². The second-order valence-corrected chi connectivity index (χ2v) is 5.38. The molecule has 0 bridgehead atoms. The van der Waals surface area contributed by atoms with E-state index in [-0.39, 0.29) is 12.5 Å². The van der Waals surface area contributed by atoms with E-state index in [1.165, 1.54) is 6.21 Å². The third-order valence-electron chi connectivity index (χ3n) is 3.00. The topological polar surface area (TPSA) is 69.2 Å². The van der Waals surface area contributed by atoms with E-state index in [9.17, 15) is 4.79 Å². The van der Waals surface area contributed by atoms with E-state index < -0.39 is 0 Å². The summed E-state index contributed by atoms with van der Waals surface area (Å²) in [7, 11) is 1.58. The van der Waals surface area contributed by atoms with Gasteiger partial charge in [0.15, 0.2) is 18.1 Å². The van der Waals surface area contributed by atoms with Crippen molar-refractivity contribution in [2.45, 2.75) is 27.2 Å². The van der Waals surface area contributed by atoms with Crippen LogP contribution in [-0.2, 0) is 9.63 Å². The van der Waals surface area contributed by atoms with E-state index in [0.717, 1.165) is 12.0 Å². The van der Waals surface area contributed by atoms with Gasteiger partial charge in [0, 0.05) is 12.1 Å². The number of ether oxygens (including phenoxy) is 2. The van der Waals surface area contributed by atoms with Crippen molar-refractivity contribution in [1.29, 1.82) is 0 Å². The fourth-order valence-electron chi connectivity index (χ4n) is 1.78. The van der Waals surface area contributed by atoms with Gasteiger partial charge in [-0.2, -0.15) is 0 Å². The van der Waals surface area contributed by atoms with Gasteiger partial charge in [-0.15, -0.1) is 0 Å². The predicted molar refractivity (Wildman–Crippen MR) is 90.2 cm³/mol. The summed E-state index contributed by atoms with van der Waals surface area (Å²) in [4.78, 5) is 16.5. The first-order chi connectivity index (χ1) is 11.1. The number of rotatable bonds is 10. The number of carbonyl (C=O) groups is 1. The summed E-state index contributed by atoms with van der Waals surface area (Å²) >= 11 is 0. The third-order valence-corrected chi connectivity index (χ3v) is 3.00. The molecule has 1 amide bonds. The highest BCUT2D eigenvalue weighted by molar-refractivity contribution is 5.81. The van der Waals surface area contributed by atoms with Crippen LogP contribution in [0.1, 0.15) is 32.8 Å². The van der Waals surface area contributed by atoms with E-state index in [2.05, 4.69) is 24.3 Å². The molecule has 0 radical (unpaired) electrons. The van der Waals surface area contributed by atoms with Gasteiger partial charge in [-0.3, -0.25) is 4.79 Å². The Bertz CT molecular complexity index is 515. The van der Waals surface area contributed by atoms with E-state index in [0.29, 0.717) is 30.6 Å². The maximum Gasteiger partial charge on any atom is 0.260 e. The summed E-state index contributed by atoms with van der Waals surface area (Å²) < 4.78 is 10.7. The Kier molecular flexibility index (Phi) is 8.57.